The standard InChI is InChI=1S/C31H30OS2/c1-21(2)23-5-13-27(14-6-23)33-29-17-9-25(10-18-29)31(32)26-11-19-30(20-12-26)34-28-15-7-24(8-16-28)22(3)4/h5-22H,1-4H3. The van der Waals surface area contributed by atoms with Gasteiger partial charge < -0.3 is 0 Å². The molecular weight excluding hydrogens is 452 g/mol. The van der Waals surface area contributed by atoms with Crippen LogP contribution in [-0.4, -0.2) is 5.78 Å². The highest BCUT2D eigenvalue weighted by molar-refractivity contribution is 7.99. The second-order valence-corrected chi connectivity index (χ2v) is 11.3. The third-order valence-electron chi connectivity index (χ3n) is 5.80. The van der Waals surface area contributed by atoms with Crippen LogP contribution in [0.25, 0.3) is 0 Å². The van der Waals surface area contributed by atoms with Crippen molar-refractivity contribution in [3.63, 3.8) is 0 Å². The molecule has 4 aromatic rings. The zero-order valence-corrected chi connectivity index (χ0v) is 21.8. The Morgan fingerprint density at radius 2 is 0.735 bits per heavy atom. The molecule has 0 fully saturated rings. The Morgan fingerprint density at radius 3 is 1.00 bits per heavy atom. The third-order valence-corrected chi connectivity index (χ3v) is 7.83. The van der Waals surface area contributed by atoms with Gasteiger partial charge in [0.2, 0.25) is 0 Å². The fourth-order valence-electron chi connectivity index (χ4n) is 3.63. The summed E-state index contributed by atoms with van der Waals surface area (Å²) in [6.07, 6.45) is 0. The molecule has 0 radical (unpaired) electrons. The number of ketones is 1. The molecule has 0 amide bonds. The van der Waals surface area contributed by atoms with Crippen LogP contribution < -0.4 is 0 Å². The summed E-state index contributed by atoms with van der Waals surface area (Å²) < 4.78 is 0. The molecule has 0 N–H and O–H groups in total. The van der Waals surface area contributed by atoms with Gasteiger partial charge in [0.25, 0.3) is 0 Å². The predicted octanol–water partition coefficient (Wildman–Crippen LogP) is 9.47. The van der Waals surface area contributed by atoms with E-state index in [0.717, 1.165) is 9.79 Å². The van der Waals surface area contributed by atoms with Gasteiger partial charge in [0.05, 0.1) is 0 Å². The Kier molecular flexibility index (Phi) is 7.97. The molecule has 0 unspecified atom stereocenters. The van der Waals surface area contributed by atoms with Crippen LogP contribution in [0.1, 0.15) is 66.6 Å². The van der Waals surface area contributed by atoms with Gasteiger partial charge in [0, 0.05) is 30.7 Å². The van der Waals surface area contributed by atoms with Crippen molar-refractivity contribution in [2.75, 3.05) is 0 Å². The summed E-state index contributed by atoms with van der Waals surface area (Å²) in [5.74, 6) is 1.12. The molecule has 0 aliphatic rings. The molecule has 1 nitrogen and oxygen atoms in total. The Balaban J connectivity index is 1.38. The van der Waals surface area contributed by atoms with E-state index in [2.05, 4.69) is 76.2 Å². The molecule has 4 rings (SSSR count). The number of carbonyl (C=O) groups is 1. The summed E-state index contributed by atoms with van der Waals surface area (Å²) in [6.45, 7) is 8.82. The van der Waals surface area contributed by atoms with Crippen LogP contribution in [0.5, 0.6) is 0 Å². The van der Waals surface area contributed by atoms with E-state index in [1.807, 2.05) is 48.5 Å². The van der Waals surface area contributed by atoms with E-state index in [-0.39, 0.29) is 5.78 Å². The molecule has 0 saturated carbocycles. The van der Waals surface area contributed by atoms with Gasteiger partial charge in [-0.1, -0.05) is 75.5 Å². The van der Waals surface area contributed by atoms with E-state index in [0.29, 0.717) is 23.0 Å². The van der Waals surface area contributed by atoms with E-state index < -0.39 is 0 Å². The first-order valence-corrected chi connectivity index (χ1v) is 13.3. The number of hydrogen-bond donors (Lipinski definition) is 0. The Bertz CT molecular complexity index is 1120. The third kappa shape index (κ3) is 6.22. The average molecular weight is 483 g/mol. The number of benzene rings is 4. The quantitative estimate of drug-likeness (QED) is 0.233. The summed E-state index contributed by atoms with van der Waals surface area (Å²) in [5.41, 5.74) is 4.12. The van der Waals surface area contributed by atoms with Gasteiger partial charge in [0.1, 0.15) is 0 Å². The minimum Gasteiger partial charge on any atom is -0.289 e. The summed E-state index contributed by atoms with van der Waals surface area (Å²) in [7, 11) is 0. The first-order valence-electron chi connectivity index (χ1n) is 11.7. The Morgan fingerprint density at radius 1 is 0.471 bits per heavy atom. The zero-order chi connectivity index (χ0) is 24.1. The lowest BCUT2D eigenvalue weighted by atomic mass is 10.0. The van der Waals surface area contributed by atoms with Gasteiger partial charge in [-0.2, -0.15) is 0 Å². The SMILES string of the molecule is CC(C)c1ccc(Sc2ccc(C(=O)c3ccc(Sc4ccc(C(C)C)cc4)cc3)cc2)cc1. The van der Waals surface area contributed by atoms with Crippen molar-refractivity contribution in [3.05, 3.63) is 119 Å². The van der Waals surface area contributed by atoms with Crippen LogP contribution in [-0.2, 0) is 0 Å². The van der Waals surface area contributed by atoms with Crippen molar-refractivity contribution in [1.29, 1.82) is 0 Å². The average Bonchev–Trinajstić information content (AvgIpc) is 2.85. The number of rotatable bonds is 8. The molecule has 172 valence electrons. The largest absolute Gasteiger partial charge is 0.289 e. The van der Waals surface area contributed by atoms with Gasteiger partial charge in [-0.25, -0.2) is 0 Å². The van der Waals surface area contributed by atoms with E-state index in [1.54, 1.807) is 23.5 Å². The zero-order valence-electron chi connectivity index (χ0n) is 20.1. The Hall–Kier alpha value is -2.75. The van der Waals surface area contributed by atoms with Crippen LogP contribution >= 0.6 is 23.5 Å². The van der Waals surface area contributed by atoms with Gasteiger partial charge in [-0.05, 0) is 95.8 Å². The minimum atomic E-state index is 0.0515. The molecule has 0 saturated heterocycles. The second-order valence-electron chi connectivity index (χ2n) is 9.03. The highest BCUT2D eigenvalue weighted by Gasteiger charge is 2.10. The molecule has 0 aliphatic heterocycles. The molecule has 0 aromatic heterocycles. The summed E-state index contributed by atoms with van der Waals surface area (Å²) in [6, 6.07) is 33.2. The highest BCUT2D eigenvalue weighted by Crippen LogP contribution is 2.31. The summed E-state index contributed by atoms with van der Waals surface area (Å²) >= 11 is 3.43. The van der Waals surface area contributed by atoms with Crippen LogP contribution in [0.3, 0.4) is 0 Å². The van der Waals surface area contributed by atoms with E-state index in [4.69, 9.17) is 0 Å². The first-order chi connectivity index (χ1) is 16.4. The van der Waals surface area contributed by atoms with Gasteiger partial charge >= 0.3 is 0 Å². The fraction of sp³-hybridized carbons (Fsp3) is 0.194. The molecule has 0 spiro atoms. The van der Waals surface area contributed by atoms with Crippen molar-refractivity contribution >= 4 is 29.3 Å². The van der Waals surface area contributed by atoms with Crippen molar-refractivity contribution in [1.82, 2.24) is 0 Å². The molecule has 0 bridgehead atoms. The van der Waals surface area contributed by atoms with Gasteiger partial charge in [0.15, 0.2) is 5.78 Å². The lowest BCUT2D eigenvalue weighted by molar-refractivity contribution is 0.103. The maximum Gasteiger partial charge on any atom is 0.193 e. The van der Waals surface area contributed by atoms with Crippen LogP contribution in [0.2, 0.25) is 0 Å². The predicted molar refractivity (Wildman–Crippen MR) is 146 cm³/mol. The van der Waals surface area contributed by atoms with Crippen LogP contribution in [0, 0.1) is 0 Å². The maximum absolute atomic E-state index is 13.0. The minimum absolute atomic E-state index is 0.0515. The molecular formula is C31H30OS2. The molecule has 3 heteroatoms. The molecule has 0 atom stereocenters. The van der Waals surface area contributed by atoms with Gasteiger partial charge in [-0.15, -0.1) is 0 Å². The lowest BCUT2D eigenvalue weighted by Gasteiger charge is -2.08. The molecule has 4 aromatic carbocycles. The summed E-state index contributed by atoms with van der Waals surface area (Å²) in [4.78, 5) is 17.6. The van der Waals surface area contributed by atoms with Crippen molar-refractivity contribution in [2.45, 2.75) is 59.1 Å². The first kappa shape index (κ1) is 24.4. The van der Waals surface area contributed by atoms with E-state index in [1.165, 1.54) is 20.9 Å². The van der Waals surface area contributed by atoms with Crippen molar-refractivity contribution in [3.8, 4) is 0 Å². The second kappa shape index (κ2) is 11.1. The number of hydrogen-bond acceptors (Lipinski definition) is 3. The Labute approximate surface area is 212 Å². The molecule has 0 heterocycles. The van der Waals surface area contributed by atoms with E-state index in [9.17, 15) is 4.79 Å². The van der Waals surface area contributed by atoms with Crippen LogP contribution in [0.15, 0.2) is 117 Å². The summed E-state index contributed by atoms with van der Waals surface area (Å²) in [5, 5.41) is 0. The van der Waals surface area contributed by atoms with Crippen molar-refractivity contribution in [2.24, 2.45) is 0 Å². The smallest absolute Gasteiger partial charge is 0.193 e. The maximum atomic E-state index is 13.0. The highest BCUT2D eigenvalue weighted by atomic mass is 32.2. The van der Waals surface area contributed by atoms with Gasteiger partial charge in [-0.3, -0.25) is 4.79 Å². The normalized spacial score (nSPS) is 11.2. The van der Waals surface area contributed by atoms with Crippen molar-refractivity contribution < 1.29 is 4.79 Å². The van der Waals surface area contributed by atoms with E-state index >= 15 is 0 Å². The lowest BCUT2D eigenvalue weighted by Crippen LogP contribution is -2.00. The fourth-order valence-corrected chi connectivity index (χ4v) is 5.26. The topological polar surface area (TPSA) is 17.1 Å². The van der Waals surface area contributed by atoms with Crippen LogP contribution in [0.4, 0.5) is 0 Å². The molecule has 0 aliphatic carbocycles. The number of carbonyl (C=O) groups excluding carboxylic acids is 1. The monoisotopic (exact) mass is 482 g/mol. The molecule has 34 heavy (non-hydrogen) atoms.